The molecule has 0 N–H and O–H groups in total. The molecule has 5 aromatic heterocycles. The zero-order valence-electron chi connectivity index (χ0n) is 71.8. The largest absolute Gasteiger partial charge is 0.220 e. The van der Waals surface area contributed by atoms with E-state index in [4.69, 9.17) is 0 Å². The average molecular weight is 1510 g/mol. The number of pyridine rings is 5. The molecule has 0 aliphatic rings. The van der Waals surface area contributed by atoms with E-state index in [9.17, 15) is 17.6 Å². The van der Waals surface area contributed by atoms with Crippen LogP contribution in [0.5, 0.6) is 0 Å². The summed E-state index contributed by atoms with van der Waals surface area (Å²) in [5.74, 6) is 0.674. The molecule has 0 atom stereocenters. The van der Waals surface area contributed by atoms with Gasteiger partial charge in [-0.3, -0.25) is 0 Å². The van der Waals surface area contributed by atoms with Gasteiger partial charge in [0, 0.05) is 30.3 Å². The van der Waals surface area contributed by atoms with Crippen LogP contribution in [0.15, 0.2) is 189 Å². The molecular formula is C104H114F4N5+5. The van der Waals surface area contributed by atoms with Gasteiger partial charge in [-0.05, 0) is 319 Å². The highest BCUT2D eigenvalue weighted by Gasteiger charge is 2.27. The van der Waals surface area contributed by atoms with Crippen LogP contribution in [-0.2, 0) is 35.2 Å². The molecule has 0 radical (unpaired) electrons. The van der Waals surface area contributed by atoms with Gasteiger partial charge in [0.1, 0.15) is 58.5 Å². The second-order valence-corrected chi connectivity index (χ2v) is 32.5. The van der Waals surface area contributed by atoms with Gasteiger partial charge in [0.15, 0.2) is 31.0 Å². The first-order valence-corrected chi connectivity index (χ1v) is 39.6. The van der Waals surface area contributed by atoms with Gasteiger partial charge in [0.25, 0.3) is 0 Å². The lowest BCUT2D eigenvalue weighted by Crippen LogP contribution is -2.31. The normalized spacial score (nSPS) is 11.3. The van der Waals surface area contributed by atoms with Gasteiger partial charge < -0.3 is 0 Å². The topological polar surface area (TPSA) is 19.4 Å². The lowest BCUT2D eigenvalue weighted by Gasteiger charge is -2.18. The van der Waals surface area contributed by atoms with Crippen LogP contribution in [0, 0.1) is 148 Å². The van der Waals surface area contributed by atoms with Gasteiger partial charge in [-0.25, -0.2) is 40.4 Å². The van der Waals surface area contributed by atoms with Gasteiger partial charge in [0.05, 0.1) is 54.7 Å². The van der Waals surface area contributed by atoms with E-state index in [2.05, 4.69) is 251 Å². The lowest BCUT2D eigenvalue weighted by molar-refractivity contribution is -0.659. The maximum atomic E-state index is 14.2. The fourth-order valence-electron chi connectivity index (χ4n) is 16.4. The molecule has 0 saturated carbocycles. The van der Waals surface area contributed by atoms with E-state index < -0.39 is 0 Å². The molecule has 0 bridgehead atoms. The second-order valence-electron chi connectivity index (χ2n) is 32.5. The molecule has 0 unspecified atom stereocenters. The molecule has 113 heavy (non-hydrogen) atoms. The molecule has 0 spiro atoms. The SMILES string of the molecule is Cc1cc(-c2c3cccc(C)c3cc[n+]2C)c(C)c(C)c1F.Cc1cc(-c2c3ccccc3cc[n+]2C)c(C)c(C)c1F.Cc1cc(C)c(C)c(-c2c3cc(C(C)C)c(C(C)C)cc3cc[n+]2C)c1.Cc1ccc2c(-c3cc(C)c(F)c(C)c3C)[n+](C)ccc2c1.Cc1ccc2cc[n+](C)c(-c3cc(C)c(F)c(C)c3C)c2c1. The zero-order valence-corrected chi connectivity index (χ0v) is 71.8. The van der Waals surface area contributed by atoms with Gasteiger partial charge in [0.2, 0.25) is 28.5 Å². The summed E-state index contributed by atoms with van der Waals surface area (Å²) in [5.41, 5.74) is 32.1. The Morgan fingerprint density at radius 2 is 0.558 bits per heavy atom. The molecule has 0 aliphatic heterocycles. The molecule has 5 nitrogen and oxygen atoms in total. The van der Waals surface area contributed by atoms with E-state index in [0.717, 1.165) is 89.5 Å². The first kappa shape index (κ1) is 82.9. The number of benzene rings is 10. The van der Waals surface area contributed by atoms with Crippen molar-refractivity contribution in [1.82, 2.24) is 0 Å². The van der Waals surface area contributed by atoms with Crippen LogP contribution >= 0.6 is 0 Å². The first-order chi connectivity index (χ1) is 53.4. The molecule has 578 valence electrons. The fourth-order valence-corrected chi connectivity index (χ4v) is 16.4. The molecule has 10 aromatic carbocycles. The van der Waals surface area contributed by atoms with Crippen molar-refractivity contribution in [3.63, 3.8) is 0 Å². The van der Waals surface area contributed by atoms with Crippen LogP contribution in [0.2, 0.25) is 0 Å². The third-order valence-electron chi connectivity index (χ3n) is 23.7. The third-order valence-corrected chi connectivity index (χ3v) is 23.7. The van der Waals surface area contributed by atoms with E-state index in [1.165, 1.54) is 110 Å². The summed E-state index contributed by atoms with van der Waals surface area (Å²) < 4.78 is 67.3. The highest BCUT2D eigenvalue weighted by molar-refractivity contribution is 5.99. The molecule has 9 heteroatoms. The minimum Gasteiger partial charge on any atom is -0.206 e. The smallest absolute Gasteiger partial charge is 0.206 e. The summed E-state index contributed by atoms with van der Waals surface area (Å²) in [5, 5.41) is 12.4. The molecule has 0 aliphatic carbocycles. The Kier molecular flexibility index (Phi) is 24.7. The summed E-state index contributed by atoms with van der Waals surface area (Å²) in [6, 6.07) is 55.7. The number of rotatable bonds is 7. The fraction of sp³-hybridized carbons (Fsp3) is 0.279. The van der Waals surface area contributed by atoms with Gasteiger partial charge in [-0.15, -0.1) is 0 Å². The van der Waals surface area contributed by atoms with Crippen molar-refractivity contribution in [2.24, 2.45) is 35.2 Å². The van der Waals surface area contributed by atoms with E-state index in [-0.39, 0.29) is 23.3 Å². The van der Waals surface area contributed by atoms with Crippen molar-refractivity contribution in [3.05, 3.63) is 323 Å². The lowest BCUT2D eigenvalue weighted by atomic mass is 9.86. The van der Waals surface area contributed by atoms with Crippen molar-refractivity contribution in [1.29, 1.82) is 0 Å². The number of aryl methyl sites for hydroxylation is 14. The first-order valence-electron chi connectivity index (χ1n) is 39.6. The third kappa shape index (κ3) is 16.5. The molecular weight excluding hydrogens is 1400 g/mol. The second kappa shape index (κ2) is 33.7. The Morgan fingerprint density at radius 1 is 0.221 bits per heavy atom. The van der Waals surface area contributed by atoms with Crippen LogP contribution in [0.3, 0.4) is 0 Å². The Hall–Kier alpha value is -11.0. The average Bonchev–Trinajstić information content (AvgIpc) is 0.784. The number of aromatic nitrogens is 5. The van der Waals surface area contributed by atoms with E-state index in [1.807, 2.05) is 148 Å². The highest BCUT2D eigenvalue weighted by atomic mass is 19.1. The van der Waals surface area contributed by atoms with Crippen LogP contribution < -0.4 is 22.8 Å². The number of nitrogens with zero attached hydrogens (tertiary/aromatic N) is 5. The van der Waals surface area contributed by atoms with Crippen molar-refractivity contribution in [2.45, 2.75) is 164 Å². The quantitative estimate of drug-likeness (QED) is 0.112. The number of hydrogen-bond donors (Lipinski definition) is 0. The molecule has 15 aromatic rings. The minimum atomic E-state index is -0.0980. The monoisotopic (exact) mass is 1510 g/mol. The van der Waals surface area contributed by atoms with Crippen LogP contribution in [-0.4, -0.2) is 0 Å². The maximum absolute atomic E-state index is 14.2. The van der Waals surface area contributed by atoms with Crippen molar-refractivity contribution < 1.29 is 40.4 Å². The van der Waals surface area contributed by atoms with Crippen LogP contribution in [0.4, 0.5) is 17.6 Å². The molecule has 15 rings (SSSR count). The number of hydrogen-bond acceptors (Lipinski definition) is 0. The zero-order chi connectivity index (χ0) is 82.4. The van der Waals surface area contributed by atoms with Crippen molar-refractivity contribution >= 4 is 53.9 Å². The van der Waals surface area contributed by atoms with Gasteiger partial charge in [-0.1, -0.05) is 111 Å². The standard InChI is InChI=1S/C25H32N.3C20H21FN.C19H19FN/c1-15(2)21-13-20-9-10-26(8)25(24(20)14-22(21)16(3)4)23-12-17(5)11-18(6)19(23)7;1-12-6-7-17-16(10-12)8-9-22(5)20(17)18-11-13(2)19(21)15(4)14(18)3;1-12-6-7-16-8-9-22(5)20(18(16)10-12)17-11-13(2)19(21)15(4)14(17)3;1-12-7-6-8-17-16(12)9-10-22(5)20(17)18-11-13(2)19(21)15(4)14(18)3;1-12-11-17(13(2)14(3)18(12)20)19-16-8-6-5-7-15(16)9-10-21(19)4/h9-16H,1-8H3;3*6-11H,1-5H3;5-11H,1-4H3/q5*+1. The van der Waals surface area contributed by atoms with E-state index in [0.29, 0.717) is 34.1 Å². The molecule has 5 heterocycles. The maximum Gasteiger partial charge on any atom is 0.220 e. The Bertz CT molecular complexity index is 6190. The van der Waals surface area contributed by atoms with E-state index >= 15 is 0 Å². The van der Waals surface area contributed by atoms with E-state index in [1.54, 1.807) is 0 Å². The highest BCUT2D eigenvalue weighted by Crippen LogP contribution is 2.40. The summed E-state index contributed by atoms with van der Waals surface area (Å²) in [6.45, 7) is 44.9. The Morgan fingerprint density at radius 3 is 1.01 bits per heavy atom. The molecule has 0 saturated heterocycles. The van der Waals surface area contributed by atoms with Gasteiger partial charge in [-0.2, -0.15) is 0 Å². The number of halogens is 4. The van der Waals surface area contributed by atoms with Gasteiger partial charge >= 0.3 is 0 Å². The Balaban J connectivity index is 0.000000140. The predicted octanol–water partition coefficient (Wildman–Crippen LogP) is 25.0. The summed E-state index contributed by atoms with van der Waals surface area (Å²) in [7, 11) is 10.3. The molecule has 0 fully saturated rings. The summed E-state index contributed by atoms with van der Waals surface area (Å²) >= 11 is 0. The van der Waals surface area contributed by atoms with Crippen LogP contribution in [0.1, 0.15) is 151 Å². The Labute approximate surface area is 669 Å². The van der Waals surface area contributed by atoms with Crippen molar-refractivity contribution in [3.8, 4) is 56.3 Å². The van der Waals surface area contributed by atoms with Crippen molar-refractivity contribution in [2.75, 3.05) is 0 Å². The predicted molar refractivity (Wildman–Crippen MR) is 466 cm³/mol. The molecule has 0 amide bonds. The minimum absolute atomic E-state index is 0.0969. The number of fused-ring (bicyclic) bond motifs is 5. The summed E-state index contributed by atoms with van der Waals surface area (Å²) in [6.07, 6.45) is 10.5. The van der Waals surface area contributed by atoms with Crippen LogP contribution in [0.25, 0.3) is 110 Å². The summed E-state index contributed by atoms with van der Waals surface area (Å²) in [4.78, 5) is 0.